The summed E-state index contributed by atoms with van der Waals surface area (Å²) >= 11 is 0. The minimum atomic E-state index is -0.105. The molecular weight excluding hydrogens is 283 g/mol. The first-order valence-electron chi connectivity index (χ1n) is 9.12. The Morgan fingerprint density at radius 2 is 1.78 bits per heavy atom. The zero-order chi connectivity index (χ0) is 16.1. The largest absolute Gasteiger partial charge is 0.207 e. The number of unbranched alkanes of at least 4 members (excludes halogenated alkanes) is 3. The molecule has 0 spiro atoms. The molecule has 0 saturated heterocycles. The Labute approximate surface area is 139 Å². The van der Waals surface area contributed by atoms with Gasteiger partial charge >= 0.3 is 0 Å². The summed E-state index contributed by atoms with van der Waals surface area (Å²) in [4.78, 5) is 0. The lowest BCUT2D eigenvalue weighted by atomic mass is 9.80. The van der Waals surface area contributed by atoms with E-state index in [2.05, 4.69) is 31.2 Å². The summed E-state index contributed by atoms with van der Waals surface area (Å²) in [5.41, 5.74) is 5.39. The Balaban J connectivity index is 1.62. The number of hydrogen-bond donors (Lipinski definition) is 0. The van der Waals surface area contributed by atoms with Crippen molar-refractivity contribution in [1.29, 1.82) is 0 Å². The molecule has 0 heterocycles. The highest BCUT2D eigenvalue weighted by molar-refractivity contribution is 5.35. The van der Waals surface area contributed by atoms with Crippen molar-refractivity contribution in [3.8, 4) is 0 Å². The second-order valence-corrected chi connectivity index (χ2v) is 6.90. The van der Waals surface area contributed by atoms with Crippen molar-refractivity contribution >= 4 is 0 Å². The molecule has 3 rings (SSSR count). The summed E-state index contributed by atoms with van der Waals surface area (Å²) in [7, 11) is 0. The van der Waals surface area contributed by atoms with Crippen molar-refractivity contribution < 1.29 is 4.39 Å². The summed E-state index contributed by atoms with van der Waals surface area (Å²) in [5, 5.41) is 0. The Bertz CT molecular complexity index is 627. The summed E-state index contributed by atoms with van der Waals surface area (Å²) in [6, 6.07) is 14.5. The van der Waals surface area contributed by atoms with Crippen molar-refractivity contribution in [2.45, 2.75) is 64.2 Å². The number of rotatable bonds is 6. The monoisotopic (exact) mass is 310 g/mol. The predicted molar refractivity (Wildman–Crippen MR) is 95.5 cm³/mol. The van der Waals surface area contributed by atoms with E-state index in [-0.39, 0.29) is 5.82 Å². The van der Waals surface area contributed by atoms with E-state index < -0.39 is 0 Å². The van der Waals surface area contributed by atoms with Crippen LogP contribution < -0.4 is 0 Å². The van der Waals surface area contributed by atoms with E-state index in [0.29, 0.717) is 5.92 Å². The van der Waals surface area contributed by atoms with Crippen LogP contribution in [0.2, 0.25) is 0 Å². The molecule has 23 heavy (non-hydrogen) atoms. The van der Waals surface area contributed by atoms with Gasteiger partial charge in [-0.3, -0.25) is 0 Å². The van der Waals surface area contributed by atoms with Gasteiger partial charge in [0.2, 0.25) is 0 Å². The molecule has 0 nitrogen and oxygen atoms in total. The number of aryl methyl sites for hydroxylation is 2. The van der Waals surface area contributed by atoms with Crippen molar-refractivity contribution in [2.24, 2.45) is 0 Å². The van der Waals surface area contributed by atoms with Crippen LogP contribution in [0.4, 0.5) is 4.39 Å². The van der Waals surface area contributed by atoms with E-state index in [4.69, 9.17) is 0 Å². The molecule has 1 unspecified atom stereocenters. The minimum absolute atomic E-state index is 0.105. The van der Waals surface area contributed by atoms with E-state index in [1.54, 1.807) is 12.1 Å². The molecule has 2 aromatic rings. The average Bonchev–Trinajstić information content (AvgIpc) is 2.58. The molecule has 0 radical (unpaired) electrons. The standard InChI is InChI=1S/C22H27F/c1-2-3-4-5-6-17-7-9-18(10-8-17)20-12-11-19-13-14-22(23)16-21(19)15-20/h7-10,13-14,16,20H,2-6,11-12,15H2,1H3. The Morgan fingerprint density at radius 3 is 2.57 bits per heavy atom. The van der Waals surface area contributed by atoms with Crippen LogP contribution >= 0.6 is 0 Å². The van der Waals surface area contributed by atoms with Crippen LogP contribution in [0.25, 0.3) is 0 Å². The lowest BCUT2D eigenvalue weighted by Gasteiger charge is -2.25. The maximum absolute atomic E-state index is 13.5. The van der Waals surface area contributed by atoms with E-state index in [1.807, 2.05) is 6.07 Å². The molecule has 1 heteroatoms. The molecule has 1 aliphatic rings. The fourth-order valence-corrected chi connectivity index (χ4v) is 3.72. The Hall–Kier alpha value is -1.63. The van der Waals surface area contributed by atoms with Gasteiger partial charge in [0.05, 0.1) is 0 Å². The van der Waals surface area contributed by atoms with Gasteiger partial charge in [-0.25, -0.2) is 4.39 Å². The van der Waals surface area contributed by atoms with Crippen LogP contribution in [0.1, 0.15) is 67.2 Å². The third kappa shape index (κ3) is 4.22. The SMILES string of the molecule is CCCCCCc1ccc(C2CCc3ccc(F)cc3C2)cc1. The number of halogens is 1. The van der Waals surface area contributed by atoms with Crippen LogP contribution in [0.5, 0.6) is 0 Å². The Morgan fingerprint density at radius 1 is 0.957 bits per heavy atom. The number of hydrogen-bond acceptors (Lipinski definition) is 0. The van der Waals surface area contributed by atoms with Crippen LogP contribution in [0, 0.1) is 5.82 Å². The molecule has 2 aromatic carbocycles. The molecular formula is C22H27F. The first-order valence-corrected chi connectivity index (χ1v) is 9.12. The normalized spacial score (nSPS) is 17.0. The van der Waals surface area contributed by atoms with Crippen molar-refractivity contribution in [1.82, 2.24) is 0 Å². The second kappa shape index (κ2) is 7.77. The maximum atomic E-state index is 13.5. The van der Waals surface area contributed by atoms with Crippen molar-refractivity contribution in [3.63, 3.8) is 0 Å². The van der Waals surface area contributed by atoms with E-state index in [1.165, 1.54) is 60.8 Å². The zero-order valence-corrected chi connectivity index (χ0v) is 14.2. The highest BCUT2D eigenvalue weighted by atomic mass is 19.1. The van der Waals surface area contributed by atoms with Gasteiger partial charge in [0, 0.05) is 0 Å². The lowest BCUT2D eigenvalue weighted by Crippen LogP contribution is -2.13. The predicted octanol–water partition coefficient (Wildman–Crippen LogP) is 6.22. The molecule has 0 bridgehead atoms. The summed E-state index contributed by atoms with van der Waals surface area (Å²) in [6.45, 7) is 2.25. The first-order chi connectivity index (χ1) is 11.3. The zero-order valence-electron chi connectivity index (χ0n) is 14.2. The van der Waals surface area contributed by atoms with Crippen molar-refractivity contribution in [3.05, 3.63) is 70.5 Å². The van der Waals surface area contributed by atoms with Crippen LogP contribution in [-0.2, 0) is 19.3 Å². The van der Waals surface area contributed by atoms with E-state index >= 15 is 0 Å². The van der Waals surface area contributed by atoms with Gasteiger partial charge in [0.15, 0.2) is 0 Å². The molecule has 1 aliphatic carbocycles. The summed E-state index contributed by atoms with van der Waals surface area (Å²) in [6.07, 6.45) is 9.68. The van der Waals surface area contributed by atoms with Gasteiger partial charge in [-0.1, -0.05) is 56.5 Å². The number of benzene rings is 2. The van der Waals surface area contributed by atoms with Gasteiger partial charge in [-0.2, -0.15) is 0 Å². The highest BCUT2D eigenvalue weighted by Crippen LogP contribution is 2.33. The minimum Gasteiger partial charge on any atom is -0.207 e. The van der Waals surface area contributed by atoms with Gasteiger partial charge in [0.25, 0.3) is 0 Å². The van der Waals surface area contributed by atoms with Crippen LogP contribution in [-0.4, -0.2) is 0 Å². The van der Waals surface area contributed by atoms with E-state index in [9.17, 15) is 4.39 Å². The highest BCUT2D eigenvalue weighted by Gasteiger charge is 2.20. The van der Waals surface area contributed by atoms with Crippen LogP contribution in [0.15, 0.2) is 42.5 Å². The molecule has 0 fully saturated rings. The van der Waals surface area contributed by atoms with Gasteiger partial charge < -0.3 is 0 Å². The third-order valence-corrected chi connectivity index (χ3v) is 5.17. The fraction of sp³-hybridized carbons (Fsp3) is 0.455. The molecule has 0 saturated carbocycles. The van der Waals surface area contributed by atoms with Crippen molar-refractivity contribution in [2.75, 3.05) is 0 Å². The lowest BCUT2D eigenvalue weighted by molar-refractivity contribution is 0.571. The molecule has 1 atom stereocenters. The molecule has 122 valence electrons. The smallest absolute Gasteiger partial charge is 0.123 e. The number of fused-ring (bicyclic) bond motifs is 1. The second-order valence-electron chi connectivity index (χ2n) is 6.90. The fourth-order valence-electron chi connectivity index (χ4n) is 3.72. The molecule has 0 amide bonds. The maximum Gasteiger partial charge on any atom is 0.123 e. The molecule has 0 N–H and O–H groups in total. The summed E-state index contributed by atoms with van der Waals surface area (Å²) < 4.78 is 13.5. The summed E-state index contributed by atoms with van der Waals surface area (Å²) in [5.74, 6) is 0.435. The Kier molecular flexibility index (Phi) is 5.48. The molecule has 0 aromatic heterocycles. The van der Waals surface area contributed by atoms with Gasteiger partial charge in [-0.05, 0) is 72.4 Å². The topological polar surface area (TPSA) is 0 Å². The first kappa shape index (κ1) is 16.2. The quantitative estimate of drug-likeness (QED) is 0.555. The average molecular weight is 310 g/mol. The van der Waals surface area contributed by atoms with Gasteiger partial charge in [0.1, 0.15) is 5.82 Å². The van der Waals surface area contributed by atoms with E-state index in [0.717, 1.165) is 12.8 Å². The van der Waals surface area contributed by atoms with Gasteiger partial charge in [-0.15, -0.1) is 0 Å². The van der Waals surface area contributed by atoms with Crippen LogP contribution in [0.3, 0.4) is 0 Å². The molecule has 0 aliphatic heterocycles. The third-order valence-electron chi connectivity index (χ3n) is 5.17.